The lowest BCUT2D eigenvalue weighted by atomic mass is 9.92. The minimum absolute atomic E-state index is 0.00529. The summed E-state index contributed by atoms with van der Waals surface area (Å²) in [4.78, 5) is 23.2. The van der Waals surface area contributed by atoms with Crippen LogP contribution in [0.4, 0.5) is 0 Å². The number of ketones is 2. The van der Waals surface area contributed by atoms with Crippen LogP contribution in [0.3, 0.4) is 0 Å². The largest absolute Gasteiger partial charge is 0.508 e. The van der Waals surface area contributed by atoms with Crippen LogP contribution in [0.5, 0.6) is 5.75 Å². The standard InChI is InChI=1S/C20H32O3.C18H39NO10.C7H15NO2/c1-14(2)6-5-7-15(3)8-10-19(22)17-9-11-20(23)18(13-17)12-16(4)21;1-4-11(21)15(25)16(26)12(22)7-19(5-6-29-10(2)3)8-13(23)17(27)18(28)14(24)9-20;1-5(2)10-4-7(8)6(3)9/h9,11,13-15,19,22-23H,5-8,10,12H2,1-4H3;10-18,20-28H,4-9H2,1-3H3;5,7H,4,8H2,1-3H3/t15-,19+;11-,12+,13+,14-,15-,16-,17-,18-;7-/m100/s1. The number of nitrogens with two attached hydrogens (primary N) is 1. The molecule has 0 heterocycles. The highest BCUT2D eigenvalue weighted by molar-refractivity contribution is 5.81. The Kier molecular flexibility index (Phi) is 34.1. The topological polar surface area (TPSA) is 304 Å². The van der Waals surface area contributed by atoms with Crippen LogP contribution in [0.25, 0.3) is 0 Å². The van der Waals surface area contributed by atoms with Crippen molar-refractivity contribution in [2.45, 2.75) is 187 Å². The van der Waals surface area contributed by atoms with E-state index in [9.17, 15) is 60.7 Å². The Morgan fingerprint density at radius 2 is 1.23 bits per heavy atom. The van der Waals surface area contributed by atoms with E-state index < -0.39 is 67.6 Å². The maximum atomic E-state index is 11.2. The van der Waals surface area contributed by atoms with Gasteiger partial charge in [-0.2, -0.15) is 0 Å². The molecule has 13 N–H and O–H groups in total. The summed E-state index contributed by atoms with van der Waals surface area (Å²) < 4.78 is 10.5. The van der Waals surface area contributed by atoms with E-state index in [4.69, 9.17) is 20.3 Å². The van der Waals surface area contributed by atoms with Gasteiger partial charge in [0.1, 0.15) is 47.8 Å². The van der Waals surface area contributed by atoms with E-state index in [1.54, 1.807) is 25.1 Å². The lowest BCUT2D eigenvalue weighted by Gasteiger charge is -2.33. The average molecular weight is 895 g/mol. The first-order chi connectivity index (χ1) is 28.8. The van der Waals surface area contributed by atoms with Gasteiger partial charge in [0, 0.05) is 31.6 Å². The third kappa shape index (κ3) is 28.6. The predicted octanol–water partition coefficient (Wildman–Crippen LogP) is 1.13. The Bertz CT molecular complexity index is 1280. The number of aliphatic hydroxyl groups is 10. The highest BCUT2D eigenvalue weighted by Crippen LogP contribution is 2.28. The van der Waals surface area contributed by atoms with Crippen molar-refractivity contribution in [2.75, 3.05) is 39.5 Å². The van der Waals surface area contributed by atoms with Crippen molar-refractivity contribution < 1.29 is 75.2 Å². The number of nitrogens with zero attached hydrogens (tertiary/aromatic N) is 1. The first-order valence-electron chi connectivity index (χ1n) is 22.0. The molecule has 0 bridgehead atoms. The van der Waals surface area contributed by atoms with Gasteiger partial charge in [-0.1, -0.05) is 53.0 Å². The monoisotopic (exact) mass is 895 g/mol. The number of carbonyl (C=O) groups excluding carboxylic acids is 2. The summed E-state index contributed by atoms with van der Waals surface area (Å²) in [6, 6.07) is 4.61. The quantitative estimate of drug-likeness (QED) is 0.0515. The van der Waals surface area contributed by atoms with Crippen LogP contribution in [0.1, 0.15) is 125 Å². The summed E-state index contributed by atoms with van der Waals surface area (Å²) in [7, 11) is 0. The van der Waals surface area contributed by atoms with Crippen molar-refractivity contribution in [2.24, 2.45) is 17.6 Å². The van der Waals surface area contributed by atoms with Gasteiger partial charge in [0.2, 0.25) is 0 Å². The second kappa shape index (κ2) is 34.2. The van der Waals surface area contributed by atoms with E-state index >= 15 is 0 Å². The van der Waals surface area contributed by atoms with Crippen LogP contribution in [0, 0.1) is 11.8 Å². The maximum Gasteiger partial charge on any atom is 0.148 e. The molecule has 0 aromatic heterocycles. The van der Waals surface area contributed by atoms with E-state index in [-0.39, 0.29) is 68.6 Å². The summed E-state index contributed by atoms with van der Waals surface area (Å²) in [6.45, 7) is 18.1. The van der Waals surface area contributed by atoms with Gasteiger partial charge in [-0.05, 0) is 90.3 Å². The Labute approximate surface area is 370 Å². The summed E-state index contributed by atoms with van der Waals surface area (Å²) in [6.07, 6.45) is -7.36. The molecule has 0 aliphatic rings. The maximum absolute atomic E-state index is 11.2. The third-order valence-corrected chi connectivity index (χ3v) is 10.1. The minimum atomic E-state index is -1.79. The van der Waals surface area contributed by atoms with Gasteiger partial charge in [0.25, 0.3) is 0 Å². The molecule has 0 amide bonds. The zero-order valence-electron chi connectivity index (χ0n) is 39.1. The number of aliphatic hydroxyl groups excluding tert-OH is 10. The Morgan fingerprint density at radius 1 is 0.710 bits per heavy atom. The fraction of sp³-hybridized carbons (Fsp3) is 0.822. The number of phenolic OH excluding ortho intramolecular Hbond substituents is 1. The van der Waals surface area contributed by atoms with Crippen LogP contribution >= 0.6 is 0 Å². The Morgan fingerprint density at radius 3 is 1.68 bits per heavy atom. The second-order valence-electron chi connectivity index (χ2n) is 17.4. The molecule has 1 aromatic rings. The van der Waals surface area contributed by atoms with Gasteiger partial charge in [-0.25, -0.2) is 0 Å². The van der Waals surface area contributed by atoms with Gasteiger partial charge in [-0.15, -0.1) is 0 Å². The first kappa shape index (κ1) is 61.9. The molecule has 0 spiro atoms. The molecule has 0 aliphatic heterocycles. The number of hydrogen-bond donors (Lipinski definition) is 12. The molecule has 366 valence electrons. The number of benzene rings is 1. The fourth-order valence-corrected chi connectivity index (χ4v) is 5.94. The summed E-state index contributed by atoms with van der Waals surface area (Å²) in [5.74, 6) is 1.46. The molecule has 0 aliphatic carbocycles. The molecule has 1 aromatic carbocycles. The molecule has 0 saturated carbocycles. The van der Waals surface area contributed by atoms with Crippen LogP contribution in [0.2, 0.25) is 0 Å². The predicted molar refractivity (Wildman–Crippen MR) is 237 cm³/mol. The van der Waals surface area contributed by atoms with E-state index in [1.165, 1.54) is 38.0 Å². The molecule has 17 heteroatoms. The zero-order valence-corrected chi connectivity index (χ0v) is 39.1. The van der Waals surface area contributed by atoms with E-state index in [0.29, 0.717) is 24.5 Å². The van der Waals surface area contributed by atoms with E-state index in [2.05, 4.69) is 20.8 Å². The molecular formula is C45H86N2O15. The SMILES string of the molecule is CC(=O)Cc1cc([C@@H](O)CC[C@H](C)CCCC(C)C)ccc1O.CC(=O)[C@@H](N)COC(C)C.CC[C@H](O)[C@H](O)[C@@H](O)[C@H](O)CN(CCOC(C)C)C[C@@H](O)[C@H](O)[C@@H](O)[C@@H](O)CO. The van der Waals surface area contributed by atoms with Crippen molar-refractivity contribution in [3.8, 4) is 5.75 Å². The highest BCUT2D eigenvalue weighted by Gasteiger charge is 2.34. The lowest BCUT2D eigenvalue weighted by molar-refractivity contribution is -0.128. The number of carbonyl (C=O) groups is 2. The summed E-state index contributed by atoms with van der Waals surface area (Å²) in [5.41, 5.74) is 6.77. The third-order valence-electron chi connectivity index (χ3n) is 10.1. The van der Waals surface area contributed by atoms with E-state index in [0.717, 1.165) is 17.9 Å². The molecule has 11 atom stereocenters. The van der Waals surface area contributed by atoms with Crippen LogP contribution < -0.4 is 5.73 Å². The van der Waals surface area contributed by atoms with Crippen LogP contribution in [0.15, 0.2) is 18.2 Å². The van der Waals surface area contributed by atoms with Gasteiger partial charge in [-0.3, -0.25) is 14.5 Å². The summed E-state index contributed by atoms with van der Waals surface area (Å²) >= 11 is 0. The van der Waals surface area contributed by atoms with Crippen molar-refractivity contribution in [3.63, 3.8) is 0 Å². The van der Waals surface area contributed by atoms with Gasteiger partial charge >= 0.3 is 0 Å². The minimum Gasteiger partial charge on any atom is -0.508 e. The fourth-order valence-electron chi connectivity index (χ4n) is 5.94. The smallest absolute Gasteiger partial charge is 0.148 e. The molecule has 17 nitrogen and oxygen atoms in total. The normalized spacial score (nSPS) is 17.2. The molecule has 0 saturated heterocycles. The molecule has 0 unspecified atom stereocenters. The molecule has 1 rings (SSSR count). The van der Waals surface area contributed by atoms with E-state index in [1.807, 2.05) is 27.7 Å². The number of Topliss-reactive ketones (excluding diaryl/α,β-unsaturated/α-hetero) is 2. The summed E-state index contributed by atoms with van der Waals surface area (Å²) in [5, 5.41) is 108. The second-order valence-corrected chi connectivity index (χ2v) is 17.4. The molecule has 0 fully saturated rings. The van der Waals surface area contributed by atoms with Crippen LogP contribution in [-0.2, 0) is 25.5 Å². The average Bonchev–Trinajstić information content (AvgIpc) is 3.20. The van der Waals surface area contributed by atoms with Crippen molar-refractivity contribution in [1.82, 2.24) is 4.90 Å². The van der Waals surface area contributed by atoms with Crippen LogP contribution in [-0.4, -0.2) is 179 Å². The van der Waals surface area contributed by atoms with Crippen molar-refractivity contribution in [3.05, 3.63) is 29.3 Å². The van der Waals surface area contributed by atoms with Gasteiger partial charge < -0.3 is 71.4 Å². The highest BCUT2D eigenvalue weighted by atomic mass is 16.5. The zero-order chi connectivity index (χ0) is 48.3. The number of phenols is 1. The lowest BCUT2D eigenvalue weighted by Crippen LogP contribution is -2.53. The van der Waals surface area contributed by atoms with Crippen molar-refractivity contribution in [1.29, 1.82) is 0 Å². The van der Waals surface area contributed by atoms with Crippen molar-refractivity contribution >= 4 is 11.6 Å². The number of ether oxygens (including phenoxy) is 2. The first-order valence-corrected chi connectivity index (χ1v) is 22.0. The van der Waals surface area contributed by atoms with Gasteiger partial charge in [0.15, 0.2) is 0 Å². The molecular weight excluding hydrogens is 808 g/mol. The Hall–Kier alpha value is -2.20. The molecule has 62 heavy (non-hydrogen) atoms. The Balaban J connectivity index is 0. The number of rotatable bonds is 30. The number of hydrogen-bond acceptors (Lipinski definition) is 17. The van der Waals surface area contributed by atoms with Gasteiger partial charge in [0.05, 0.1) is 62.5 Å². The molecule has 0 radical (unpaired) electrons. The number of aromatic hydroxyl groups is 1.